The Morgan fingerprint density at radius 3 is 2.35 bits per heavy atom. The van der Waals surface area contributed by atoms with Crippen LogP contribution < -0.4 is 19.9 Å². The van der Waals surface area contributed by atoms with Gasteiger partial charge in [-0.05, 0) is 48.5 Å². The molecular formula is C27H23N3O4. The van der Waals surface area contributed by atoms with Gasteiger partial charge in [-0.1, -0.05) is 36.4 Å². The van der Waals surface area contributed by atoms with Crippen LogP contribution in [0, 0.1) is 0 Å². The Labute approximate surface area is 196 Å². The zero-order chi connectivity index (χ0) is 23.5. The van der Waals surface area contributed by atoms with E-state index in [1.54, 1.807) is 25.3 Å². The molecular weight excluding hydrogens is 430 g/mol. The van der Waals surface area contributed by atoms with E-state index in [2.05, 4.69) is 9.99 Å². The van der Waals surface area contributed by atoms with Crippen molar-refractivity contribution in [2.75, 3.05) is 18.7 Å². The van der Waals surface area contributed by atoms with Crippen LogP contribution in [0.4, 0.5) is 5.69 Å². The third-order valence-electron chi connectivity index (χ3n) is 5.69. The molecule has 34 heavy (non-hydrogen) atoms. The lowest BCUT2D eigenvalue weighted by Gasteiger charge is -2.13. The van der Waals surface area contributed by atoms with Crippen LogP contribution in [-0.4, -0.2) is 30.1 Å². The minimum absolute atomic E-state index is 0.0984. The number of hydrogen-bond acceptors (Lipinski definition) is 4. The molecule has 0 spiro atoms. The number of fused-ring (bicyclic) bond motifs is 1. The maximum atomic E-state index is 13.0. The number of ether oxygens (including phenoxy) is 2. The predicted molar refractivity (Wildman–Crippen MR) is 130 cm³/mol. The highest BCUT2D eigenvalue weighted by molar-refractivity contribution is 6.32. The second kappa shape index (κ2) is 9.15. The number of amides is 2. The van der Waals surface area contributed by atoms with Gasteiger partial charge in [-0.2, -0.15) is 0 Å². The maximum Gasteiger partial charge on any atom is 0.282 e. The fraction of sp³-hybridized carbons (Fsp3) is 0.111. The monoisotopic (exact) mass is 453 g/mol. The summed E-state index contributed by atoms with van der Waals surface area (Å²) in [6, 6.07) is 24.4. The topological polar surface area (TPSA) is 72.8 Å². The molecule has 7 nitrogen and oxygen atoms in total. The van der Waals surface area contributed by atoms with Crippen LogP contribution in [0.1, 0.15) is 5.56 Å². The average molecular weight is 453 g/mol. The first-order valence-corrected chi connectivity index (χ1v) is 10.9. The number of nitrogens with one attached hydrogen (secondary N) is 1. The number of hydrogen-bond donors (Lipinski definition) is 1. The fourth-order valence-corrected chi connectivity index (χ4v) is 3.98. The Bertz CT molecular complexity index is 1370. The molecule has 0 saturated carbocycles. The van der Waals surface area contributed by atoms with Crippen molar-refractivity contribution in [3.05, 3.63) is 96.2 Å². The number of nitrogens with zero attached hydrogens (tertiary/aromatic N) is 2. The van der Waals surface area contributed by atoms with E-state index in [4.69, 9.17) is 9.47 Å². The van der Waals surface area contributed by atoms with Gasteiger partial charge in [0.2, 0.25) is 0 Å². The van der Waals surface area contributed by atoms with Crippen LogP contribution in [0.2, 0.25) is 0 Å². The molecule has 1 aliphatic rings. The van der Waals surface area contributed by atoms with Gasteiger partial charge in [0.15, 0.2) is 0 Å². The molecule has 5 rings (SSSR count). The molecule has 7 heteroatoms. The summed E-state index contributed by atoms with van der Waals surface area (Å²) < 4.78 is 13.1. The quantitative estimate of drug-likeness (QED) is 0.336. The Morgan fingerprint density at radius 2 is 1.59 bits per heavy atom. The van der Waals surface area contributed by atoms with E-state index < -0.39 is 5.91 Å². The number of carbonyl (C=O) groups is 2. The van der Waals surface area contributed by atoms with Crippen molar-refractivity contribution in [1.29, 1.82) is 0 Å². The highest BCUT2D eigenvalue weighted by atomic mass is 16.5. The summed E-state index contributed by atoms with van der Waals surface area (Å²) >= 11 is 0. The van der Waals surface area contributed by atoms with Crippen LogP contribution in [0.3, 0.4) is 0 Å². The Kier molecular flexibility index (Phi) is 5.74. The predicted octanol–water partition coefficient (Wildman–Crippen LogP) is 4.19. The van der Waals surface area contributed by atoms with Crippen LogP contribution in [0.5, 0.6) is 11.5 Å². The van der Waals surface area contributed by atoms with Gasteiger partial charge < -0.3 is 14.0 Å². The first-order valence-electron chi connectivity index (χ1n) is 10.9. The first-order chi connectivity index (χ1) is 16.6. The van der Waals surface area contributed by atoms with Crippen molar-refractivity contribution >= 4 is 34.5 Å². The SMILES string of the molecule is COc1ccc(OCCn2cc(/C=C3\C(=O)NN(c4ccccc4)C3=O)c3ccccc32)cc1. The molecule has 0 bridgehead atoms. The summed E-state index contributed by atoms with van der Waals surface area (Å²) in [5, 5.41) is 2.23. The molecule has 3 aromatic carbocycles. The molecule has 2 heterocycles. The third kappa shape index (κ3) is 4.11. The second-order valence-electron chi connectivity index (χ2n) is 7.79. The number of aromatic nitrogens is 1. The molecule has 4 aromatic rings. The molecule has 0 aliphatic carbocycles. The Hall–Kier alpha value is -4.52. The van der Waals surface area contributed by atoms with Crippen LogP contribution in [-0.2, 0) is 16.1 Å². The second-order valence-corrected chi connectivity index (χ2v) is 7.79. The molecule has 1 saturated heterocycles. The molecule has 170 valence electrons. The fourth-order valence-electron chi connectivity index (χ4n) is 3.98. The molecule has 0 radical (unpaired) electrons. The number of hydrazine groups is 1. The largest absolute Gasteiger partial charge is 0.497 e. The summed E-state index contributed by atoms with van der Waals surface area (Å²) in [5.41, 5.74) is 5.16. The van der Waals surface area contributed by atoms with Gasteiger partial charge in [-0.25, -0.2) is 5.01 Å². The minimum atomic E-state index is -0.423. The van der Waals surface area contributed by atoms with Gasteiger partial charge in [0, 0.05) is 22.7 Å². The molecule has 0 unspecified atom stereocenters. The number of carbonyl (C=O) groups excluding carboxylic acids is 2. The van der Waals surface area contributed by atoms with Gasteiger partial charge in [-0.3, -0.25) is 15.0 Å². The van der Waals surface area contributed by atoms with Gasteiger partial charge >= 0.3 is 0 Å². The Morgan fingerprint density at radius 1 is 0.882 bits per heavy atom. The van der Waals surface area contributed by atoms with Crippen molar-refractivity contribution in [2.24, 2.45) is 0 Å². The third-order valence-corrected chi connectivity index (χ3v) is 5.69. The van der Waals surface area contributed by atoms with Crippen molar-refractivity contribution < 1.29 is 19.1 Å². The van der Waals surface area contributed by atoms with Crippen molar-refractivity contribution in [3.63, 3.8) is 0 Å². The van der Waals surface area contributed by atoms with E-state index in [9.17, 15) is 9.59 Å². The van der Waals surface area contributed by atoms with Crippen molar-refractivity contribution in [3.8, 4) is 11.5 Å². The number of para-hydroxylation sites is 2. The van der Waals surface area contributed by atoms with E-state index in [0.717, 1.165) is 28.0 Å². The molecule has 1 aliphatic heterocycles. The maximum absolute atomic E-state index is 13.0. The average Bonchev–Trinajstić information content (AvgIpc) is 3.37. The normalized spacial score (nSPS) is 14.6. The zero-order valence-corrected chi connectivity index (χ0v) is 18.6. The number of benzene rings is 3. The highest BCUT2D eigenvalue weighted by Gasteiger charge is 2.34. The van der Waals surface area contributed by atoms with Gasteiger partial charge in [0.1, 0.15) is 23.7 Å². The number of anilines is 1. The summed E-state index contributed by atoms with van der Waals surface area (Å²) in [5.74, 6) is 0.732. The van der Waals surface area contributed by atoms with Crippen molar-refractivity contribution in [2.45, 2.75) is 6.54 Å². The standard InChI is InChI=1S/C27H23N3O4/c1-33-21-11-13-22(14-12-21)34-16-15-29-18-19(23-9-5-6-10-25(23)29)17-24-26(31)28-30(27(24)32)20-7-3-2-4-8-20/h2-14,17-18H,15-16H2,1H3,(H,28,31)/b24-17+. The van der Waals surface area contributed by atoms with Gasteiger partial charge in [0.05, 0.1) is 19.3 Å². The molecule has 1 N–H and O–H groups in total. The van der Waals surface area contributed by atoms with Crippen LogP contribution >= 0.6 is 0 Å². The van der Waals surface area contributed by atoms with E-state index in [0.29, 0.717) is 18.8 Å². The molecule has 1 aromatic heterocycles. The van der Waals surface area contributed by atoms with E-state index >= 15 is 0 Å². The highest BCUT2D eigenvalue weighted by Crippen LogP contribution is 2.27. The Balaban J connectivity index is 1.38. The van der Waals surface area contributed by atoms with E-state index in [1.165, 1.54) is 5.01 Å². The smallest absolute Gasteiger partial charge is 0.282 e. The van der Waals surface area contributed by atoms with E-state index in [1.807, 2.05) is 72.9 Å². The number of methoxy groups -OCH3 is 1. The minimum Gasteiger partial charge on any atom is -0.497 e. The van der Waals surface area contributed by atoms with Gasteiger partial charge in [0.25, 0.3) is 11.8 Å². The summed E-state index contributed by atoms with van der Waals surface area (Å²) in [6.45, 7) is 1.06. The molecule has 2 amide bonds. The van der Waals surface area contributed by atoms with E-state index in [-0.39, 0.29) is 11.5 Å². The summed E-state index contributed by atoms with van der Waals surface area (Å²) in [4.78, 5) is 25.6. The lowest BCUT2D eigenvalue weighted by atomic mass is 10.1. The van der Waals surface area contributed by atoms with Crippen LogP contribution in [0.25, 0.3) is 17.0 Å². The first kappa shape index (κ1) is 21.3. The summed E-state index contributed by atoms with van der Waals surface area (Å²) in [7, 11) is 1.63. The molecule has 0 atom stereocenters. The zero-order valence-electron chi connectivity index (χ0n) is 18.6. The summed E-state index contributed by atoms with van der Waals surface area (Å²) in [6.07, 6.45) is 3.60. The molecule has 1 fully saturated rings. The van der Waals surface area contributed by atoms with Crippen molar-refractivity contribution in [1.82, 2.24) is 9.99 Å². The lowest BCUT2D eigenvalue weighted by molar-refractivity contribution is -0.117. The lowest BCUT2D eigenvalue weighted by Crippen LogP contribution is -2.35. The van der Waals surface area contributed by atoms with Crippen LogP contribution in [0.15, 0.2) is 90.6 Å². The number of rotatable bonds is 7. The van der Waals surface area contributed by atoms with Gasteiger partial charge in [-0.15, -0.1) is 0 Å².